The fourth-order valence-electron chi connectivity index (χ4n) is 2.65. The van der Waals surface area contributed by atoms with E-state index in [1.165, 1.54) is 16.7 Å². The molecule has 3 rings (SSSR count). The molecule has 2 atom stereocenters. The maximum Gasteiger partial charge on any atom is 0.451 e. The standard InChI is InChI=1S/C11H12F3N5O2S/c1-10-3-2-6(20)19(10)5(4-22-10)7(21)15-9-16-8(17-18-9)11(12,13)14/h5H,2-4H2,1H3,(H2,15,16,17,18,21)/t5-,10+/m0/s1. The molecule has 1 aromatic heterocycles. The van der Waals surface area contributed by atoms with Crippen molar-refractivity contribution >= 4 is 29.5 Å². The van der Waals surface area contributed by atoms with Gasteiger partial charge in [0, 0.05) is 12.2 Å². The van der Waals surface area contributed by atoms with E-state index in [1.54, 1.807) is 5.10 Å². The van der Waals surface area contributed by atoms with Crippen molar-refractivity contribution in [1.82, 2.24) is 20.1 Å². The Morgan fingerprint density at radius 2 is 2.27 bits per heavy atom. The highest BCUT2D eigenvalue weighted by Gasteiger charge is 2.53. The summed E-state index contributed by atoms with van der Waals surface area (Å²) in [5, 5.41) is 7.26. The van der Waals surface area contributed by atoms with Crippen molar-refractivity contribution in [2.75, 3.05) is 11.1 Å². The van der Waals surface area contributed by atoms with Gasteiger partial charge in [0.05, 0.1) is 4.87 Å². The van der Waals surface area contributed by atoms with Gasteiger partial charge in [-0.15, -0.1) is 16.9 Å². The molecular formula is C11H12F3N5O2S. The van der Waals surface area contributed by atoms with Crippen LogP contribution >= 0.6 is 11.8 Å². The topological polar surface area (TPSA) is 91.0 Å². The van der Waals surface area contributed by atoms with Crippen LogP contribution in [0.4, 0.5) is 19.1 Å². The summed E-state index contributed by atoms with van der Waals surface area (Å²) in [4.78, 5) is 28.4. The maximum absolute atomic E-state index is 12.4. The van der Waals surface area contributed by atoms with Crippen LogP contribution in [0.1, 0.15) is 25.6 Å². The van der Waals surface area contributed by atoms with Crippen LogP contribution in [0.5, 0.6) is 0 Å². The highest BCUT2D eigenvalue weighted by atomic mass is 32.2. The third-order valence-corrected chi connectivity index (χ3v) is 5.24. The van der Waals surface area contributed by atoms with Gasteiger partial charge >= 0.3 is 6.18 Å². The van der Waals surface area contributed by atoms with Crippen LogP contribution in [0.2, 0.25) is 0 Å². The Balaban J connectivity index is 1.73. The zero-order valence-corrected chi connectivity index (χ0v) is 12.2. The summed E-state index contributed by atoms with van der Waals surface area (Å²) in [6, 6.07) is -0.724. The number of H-pyrrole nitrogens is 1. The summed E-state index contributed by atoms with van der Waals surface area (Å²) in [6.07, 6.45) is -3.64. The highest BCUT2D eigenvalue weighted by Crippen LogP contribution is 2.47. The predicted octanol–water partition coefficient (Wildman–Crippen LogP) is 1.22. The van der Waals surface area contributed by atoms with Crippen LogP contribution in [-0.2, 0) is 15.8 Å². The first-order valence-electron chi connectivity index (χ1n) is 6.47. The van der Waals surface area contributed by atoms with Gasteiger partial charge in [0.2, 0.25) is 23.6 Å². The first-order valence-corrected chi connectivity index (χ1v) is 7.46. The SMILES string of the molecule is C[C@@]12CCC(=O)N1[C@H](C(=O)Nc1n[nH]c(C(F)(F)F)n1)CS2. The Labute approximate surface area is 127 Å². The zero-order valence-electron chi connectivity index (χ0n) is 11.4. The molecule has 0 spiro atoms. The summed E-state index contributed by atoms with van der Waals surface area (Å²) in [5.41, 5.74) is 0. The number of carbonyl (C=O) groups excluding carboxylic acids is 2. The third-order valence-electron chi connectivity index (χ3n) is 3.74. The first kappa shape index (κ1) is 15.1. The van der Waals surface area contributed by atoms with E-state index in [4.69, 9.17) is 0 Å². The molecule has 2 aliphatic rings. The number of aromatic amines is 1. The largest absolute Gasteiger partial charge is 0.451 e. The van der Waals surface area contributed by atoms with Crippen molar-refractivity contribution in [1.29, 1.82) is 0 Å². The monoisotopic (exact) mass is 335 g/mol. The molecule has 0 radical (unpaired) electrons. The molecule has 22 heavy (non-hydrogen) atoms. The number of fused-ring (bicyclic) bond motifs is 1. The number of alkyl halides is 3. The average molecular weight is 335 g/mol. The lowest BCUT2D eigenvalue weighted by molar-refractivity contribution is -0.144. The second-order valence-corrected chi connectivity index (χ2v) is 6.76. The number of thioether (sulfide) groups is 1. The number of nitrogens with one attached hydrogen (secondary N) is 2. The molecule has 0 bridgehead atoms. The minimum absolute atomic E-state index is 0.126. The van der Waals surface area contributed by atoms with Gasteiger partial charge in [-0.05, 0) is 13.3 Å². The minimum atomic E-state index is -4.66. The summed E-state index contributed by atoms with van der Waals surface area (Å²) in [7, 11) is 0. The van der Waals surface area contributed by atoms with Crippen LogP contribution in [0.15, 0.2) is 0 Å². The van der Waals surface area contributed by atoms with Crippen molar-refractivity contribution < 1.29 is 22.8 Å². The molecule has 7 nitrogen and oxygen atoms in total. The van der Waals surface area contributed by atoms with Crippen molar-refractivity contribution in [3.8, 4) is 0 Å². The van der Waals surface area contributed by atoms with E-state index in [-0.39, 0.29) is 5.91 Å². The first-order chi connectivity index (χ1) is 10.2. The zero-order chi connectivity index (χ0) is 16.1. The van der Waals surface area contributed by atoms with Crippen molar-refractivity contribution in [2.45, 2.75) is 36.9 Å². The molecule has 2 aliphatic heterocycles. The quantitative estimate of drug-likeness (QED) is 0.848. The number of aromatic nitrogens is 3. The molecule has 2 fully saturated rings. The summed E-state index contributed by atoms with van der Waals surface area (Å²) in [6.45, 7) is 1.88. The molecular weight excluding hydrogens is 323 g/mol. The molecule has 11 heteroatoms. The van der Waals surface area contributed by atoms with Crippen molar-refractivity contribution in [2.24, 2.45) is 0 Å². The third kappa shape index (κ3) is 2.42. The van der Waals surface area contributed by atoms with Gasteiger partial charge in [0.1, 0.15) is 6.04 Å². The number of hydrogen-bond donors (Lipinski definition) is 2. The molecule has 120 valence electrons. The fraction of sp³-hybridized carbons (Fsp3) is 0.636. The van der Waals surface area contributed by atoms with Crippen molar-refractivity contribution in [3.05, 3.63) is 5.82 Å². The van der Waals surface area contributed by atoms with E-state index in [0.717, 1.165) is 0 Å². The van der Waals surface area contributed by atoms with Crippen molar-refractivity contribution in [3.63, 3.8) is 0 Å². The molecule has 2 N–H and O–H groups in total. The van der Waals surface area contributed by atoms with Crippen LogP contribution in [0.3, 0.4) is 0 Å². The maximum atomic E-state index is 12.4. The van der Waals surface area contributed by atoms with Gasteiger partial charge in [-0.2, -0.15) is 18.2 Å². The Morgan fingerprint density at radius 1 is 1.55 bits per heavy atom. The Hall–Kier alpha value is -1.78. The molecule has 0 aliphatic carbocycles. The minimum Gasteiger partial charge on any atom is -0.315 e. The van der Waals surface area contributed by atoms with Gasteiger partial charge < -0.3 is 4.90 Å². The Kier molecular flexibility index (Phi) is 3.34. The molecule has 2 saturated heterocycles. The molecule has 2 amide bonds. The number of halogens is 3. The Morgan fingerprint density at radius 3 is 2.91 bits per heavy atom. The lowest BCUT2D eigenvalue weighted by atomic mass is 10.2. The van der Waals surface area contributed by atoms with Crippen LogP contribution in [0.25, 0.3) is 0 Å². The Bertz CT molecular complexity index is 633. The number of carbonyl (C=O) groups is 2. The smallest absolute Gasteiger partial charge is 0.315 e. The van der Waals surface area contributed by atoms with E-state index >= 15 is 0 Å². The van der Waals surface area contributed by atoms with Crippen LogP contribution < -0.4 is 5.32 Å². The fourth-order valence-corrected chi connectivity index (χ4v) is 4.08. The van der Waals surface area contributed by atoms with Crippen LogP contribution in [0, 0.1) is 0 Å². The molecule has 0 unspecified atom stereocenters. The van der Waals surface area contributed by atoms with E-state index in [0.29, 0.717) is 18.6 Å². The van der Waals surface area contributed by atoms with Gasteiger partial charge in [-0.3, -0.25) is 20.0 Å². The second-order valence-electron chi connectivity index (χ2n) is 5.26. The van der Waals surface area contributed by atoms with Gasteiger partial charge in [-0.25, -0.2) is 0 Å². The molecule has 0 aromatic carbocycles. The number of anilines is 1. The lowest BCUT2D eigenvalue weighted by Gasteiger charge is -2.29. The molecule has 0 saturated carbocycles. The number of nitrogens with zero attached hydrogens (tertiary/aromatic N) is 3. The molecule has 1 aromatic rings. The van der Waals surface area contributed by atoms with Gasteiger partial charge in [0.25, 0.3) is 0 Å². The van der Waals surface area contributed by atoms with E-state index in [2.05, 4.69) is 15.4 Å². The average Bonchev–Trinajstić information content (AvgIpc) is 3.06. The second kappa shape index (κ2) is 4.86. The lowest BCUT2D eigenvalue weighted by Crippen LogP contribution is -2.48. The van der Waals surface area contributed by atoms with Crippen LogP contribution in [-0.4, -0.2) is 48.6 Å². The summed E-state index contributed by atoms with van der Waals surface area (Å²) >= 11 is 1.49. The van der Waals surface area contributed by atoms with E-state index in [9.17, 15) is 22.8 Å². The van der Waals surface area contributed by atoms with Gasteiger partial charge in [-0.1, -0.05) is 0 Å². The number of amides is 2. The highest BCUT2D eigenvalue weighted by molar-refractivity contribution is 8.01. The van der Waals surface area contributed by atoms with E-state index < -0.39 is 34.8 Å². The van der Waals surface area contributed by atoms with Gasteiger partial charge in [0.15, 0.2) is 0 Å². The number of hydrogen-bond acceptors (Lipinski definition) is 5. The van der Waals surface area contributed by atoms with E-state index in [1.807, 2.05) is 6.92 Å². The molecule has 3 heterocycles. The summed E-state index contributed by atoms with van der Waals surface area (Å²) in [5.74, 6) is -2.06. The number of rotatable bonds is 2. The summed E-state index contributed by atoms with van der Waals surface area (Å²) < 4.78 is 37.2. The predicted molar refractivity (Wildman–Crippen MR) is 70.7 cm³/mol. The normalized spacial score (nSPS) is 28.1.